The normalized spacial score (nSPS) is 13.3. The van der Waals surface area contributed by atoms with Gasteiger partial charge in [-0.05, 0) is 48.9 Å². The highest BCUT2D eigenvalue weighted by Gasteiger charge is 2.27. The Labute approximate surface area is 129 Å². The number of nitrogens with zero attached hydrogens (tertiary/aromatic N) is 1. The fraction of sp³-hybridized carbons (Fsp3) is 0.235. The average Bonchev–Trinajstić information content (AvgIpc) is 2.89. The van der Waals surface area contributed by atoms with Gasteiger partial charge in [-0.25, -0.2) is 0 Å². The molecule has 0 saturated carbocycles. The number of nitrogens with two attached hydrogens (primary N) is 1. The molecule has 1 aliphatic rings. The molecule has 2 aromatic carbocycles. The average molecular weight is 298 g/mol. The van der Waals surface area contributed by atoms with E-state index in [1.54, 1.807) is 11.8 Å². The van der Waals surface area contributed by atoms with Crippen LogP contribution in [-0.4, -0.2) is 18.7 Å². The van der Waals surface area contributed by atoms with Crippen LogP contribution in [0.1, 0.15) is 21.5 Å². The van der Waals surface area contributed by atoms with Gasteiger partial charge in [0.25, 0.3) is 5.91 Å². The van der Waals surface area contributed by atoms with Crippen molar-refractivity contribution >= 4 is 29.0 Å². The second-order valence-corrected chi connectivity index (χ2v) is 6.09. The first-order valence-electron chi connectivity index (χ1n) is 6.95. The molecule has 2 N–H and O–H groups in total. The second kappa shape index (κ2) is 5.45. The minimum absolute atomic E-state index is 0.0574. The number of hydrogen-bond acceptors (Lipinski definition) is 3. The van der Waals surface area contributed by atoms with E-state index in [1.807, 2.05) is 48.4 Å². The minimum Gasteiger partial charge on any atom is -0.398 e. The Morgan fingerprint density at radius 3 is 2.81 bits per heavy atom. The van der Waals surface area contributed by atoms with E-state index in [-0.39, 0.29) is 5.91 Å². The topological polar surface area (TPSA) is 46.3 Å². The van der Waals surface area contributed by atoms with Gasteiger partial charge in [0, 0.05) is 22.8 Å². The van der Waals surface area contributed by atoms with Crippen LogP contribution in [0, 0.1) is 6.92 Å². The Hall–Kier alpha value is -1.94. The Kier molecular flexibility index (Phi) is 3.64. The zero-order valence-corrected chi connectivity index (χ0v) is 13.0. The van der Waals surface area contributed by atoms with E-state index < -0.39 is 0 Å². The largest absolute Gasteiger partial charge is 0.398 e. The van der Waals surface area contributed by atoms with Crippen molar-refractivity contribution in [3.63, 3.8) is 0 Å². The van der Waals surface area contributed by atoms with Crippen molar-refractivity contribution in [1.29, 1.82) is 0 Å². The quantitative estimate of drug-likeness (QED) is 0.682. The number of fused-ring (bicyclic) bond motifs is 1. The highest BCUT2D eigenvalue weighted by molar-refractivity contribution is 7.98. The lowest BCUT2D eigenvalue weighted by Gasteiger charge is -2.19. The van der Waals surface area contributed by atoms with Gasteiger partial charge in [0.05, 0.1) is 5.56 Å². The Morgan fingerprint density at radius 1 is 1.29 bits per heavy atom. The zero-order valence-electron chi connectivity index (χ0n) is 12.2. The monoisotopic (exact) mass is 298 g/mol. The van der Waals surface area contributed by atoms with Gasteiger partial charge in [0.1, 0.15) is 0 Å². The number of thioether (sulfide) groups is 1. The molecular weight excluding hydrogens is 280 g/mol. The molecule has 1 amide bonds. The number of hydrogen-bond donors (Lipinski definition) is 1. The fourth-order valence-electron chi connectivity index (χ4n) is 2.75. The lowest BCUT2D eigenvalue weighted by Crippen LogP contribution is -2.29. The number of carbonyl (C=O) groups excluding carboxylic acids is 1. The van der Waals surface area contributed by atoms with Crippen LogP contribution < -0.4 is 10.6 Å². The molecule has 0 bridgehead atoms. The van der Waals surface area contributed by atoms with E-state index in [1.165, 1.54) is 5.56 Å². The SMILES string of the molecule is CSc1ccccc1C(=O)N1CCc2cc(C)c(N)cc21. The van der Waals surface area contributed by atoms with E-state index in [2.05, 4.69) is 6.07 Å². The molecule has 108 valence electrons. The van der Waals surface area contributed by atoms with Gasteiger partial charge >= 0.3 is 0 Å². The number of benzene rings is 2. The Bertz CT molecular complexity index is 712. The summed E-state index contributed by atoms with van der Waals surface area (Å²) in [6, 6.07) is 11.8. The number of nitrogen functional groups attached to an aromatic ring is 1. The predicted molar refractivity (Wildman–Crippen MR) is 89.2 cm³/mol. The van der Waals surface area contributed by atoms with E-state index >= 15 is 0 Å². The van der Waals surface area contributed by atoms with Gasteiger partial charge in [-0.2, -0.15) is 0 Å². The van der Waals surface area contributed by atoms with Crippen LogP contribution in [0.3, 0.4) is 0 Å². The van der Waals surface area contributed by atoms with Crippen LogP contribution in [0.5, 0.6) is 0 Å². The van der Waals surface area contributed by atoms with Gasteiger partial charge in [-0.1, -0.05) is 18.2 Å². The maximum Gasteiger partial charge on any atom is 0.259 e. The van der Waals surface area contributed by atoms with Crippen LogP contribution in [0.2, 0.25) is 0 Å². The highest BCUT2D eigenvalue weighted by Crippen LogP contribution is 2.34. The first kappa shape index (κ1) is 14.0. The Morgan fingerprint density at radius 2 is 2.05 bits per heavy atom. The summed E-state index contributed by atoms with van der Waals surface area (Å²) in [4.78, 5) is 15.7. The summed E-state index contributed by atoms with van der Waals surface area (Å²) in [5, 5.41) is 0. The third kappa shape index (κ3) is 2.40. The number of aryl methyl sites for hydroxylation is 1. The predicted octanol–water partition coefficient (Wildman–Crippen LogP) is 3.50. The van der Waals surface area contributed by atoms with E-state index in [4.69, 9.17) is 5.73 Å². The summed E-state index contributed by atoms with van der Waals surface area (Å²) in [5.74, 6) is 0.0574. The fourth-order valence-corrected chi connectivity index (χ4v) is 3.34. The first-order valence-corrected chi connectivity index (χ1v) is 8.18. The summed E-state index contributed by atoms with van der Waals surface area (Å²) < 4.78 is 0. The van der Waals surface area contributed by atoms with Crippen molar-refractivity contribution in [3.8, 4) is 0 Å². The number of rotatable bonds is 2. The smallest absolute Gasteiger partial charge is 0.259 e. The van der Waals surface area contributed by atoms with Crippen LogP contribution >= 0.6 is 11.8 Å². The number of carbonyl (C=O) groups is 1. The molecule has 4 heteroatoms. The molecule has 0 saturated heterocycles. The highest BCUT2D eigenvalue weighted by atomic mass is 32.2. The van der Waals surface area contributed by atoms with Crippen LogP contribution in [0.25, 0.3) is 0 Å². The summed E-state index contributed by atoms with van der Waals surface area (Å²) in [7, 11) is 0. The molecule has 1 heterocycles. The van der Waals surface area contributed by atoms with E-state index in [0.717, 1.165) is 40.4 Å². The van der Waals surface area contributed by atoms with Crippen LogP contribution in [0.15, 0.2) is 41.3 Å². The maximum absolute atomic E-state index is 12.9. The van der Waals surface area contributed by atoms with Gasteiger partial charge in [0.2, 0.25) is 0 Å². The van der Waals surface area contributed by atoms with Crippen LogP contribution in [-0.2, 0) is 6.42 Å². The molecule has 0 radical (unpaired) electrons. The molecule has 0 spiro atoms. The molecular formula is C17H18N2OS. The lowest BCUT2D eigenvalue weighted by molar-refractivity contribution is 0.0986. The number of amides is 1. The van der Waals surface area contributed by atoms with Crippen LogP contribution in [0.4, 0.5) is 11.4 Å². The van der Waals surface area contributed by atoms with E-state index in [0.29, 0.717) is 0 Å². The van der Waals surface area contributed by atoms with Crippen molar-refractivity contribution in [2.24, 2.45) is 0 Å². The molecule has 0 aromatic heterocycles. The molecule has 3 nitrogen and oxygen atoms in total. The van der Waals surface area contributed by atoms with Gasteiger partial charge < -0.3 is 10.6 Å². The first-order chi connectivity index (χ1) is 10.1. The number of anilines is 2. The molecule has 21 heavy (non-hydrogen) atoms. The molecule has 1 aliphatic heterocycles. The van der Waals surface area contributed by atoms with Crippen molar-refractivity contribution in [1.82, 2.24) is 0 Å². The second-order valence-electron chi connectivity index (χ2n) is 5.24. The molecule has 0 fully saturated rings. The standard InChI is InChI=1S/C17H18N2OS/c1-11-9-12-7-8-19(15(12)10-14(11)18)17(20)13-5-3-4-6-16(13)21-2/h3-6,9-10H,7-8,18H2,1-2H3. The van der Waals surface area contributed by atoms with Gasteiger partial charge in [0.15, 0.2) is 0 Å². The van der Waals surface area contributed by atoms with Gasteiger partial charge in [-0.15, -0.1) is 11.8 Å². The summed E-state index contributed by atoms with van der Waals surface area (Å²) in [6.07, 6.45) is 2.88. The minimum atomic E-state index is 0.0574. The summed E-state index contributed by atoms with van der Waals surface area (Å²) >= 11 is 1.60. The van der Waals surface area contributed by atoms with Crippen molar-refractivity contribution in [2.75, 3.05) is 23.4 Å². The third-order valence-corrected chi connectivity index (χ3v) is 4.74. The van der Waals surface area contributed by atoms with E-state index in [9.17, 15) is 4.79 Å². The molecule has 3 rings (SSSR count). The zero-order chi connectivity index (χ0) is 15.0. The summed E-state index contributed by atoms with van der Waals surface area (Å²) in [6.45, 7) is 2.73. The van der Waals surface area contributed by atoms with Crippen molar-refractivity contribution < 1.29 is 4.79 Å². The van der Waals surface area contributed by atoms with Crippen molar-refractivity contribution in [3.05, 3.63) is 53.1 Å². The molecule has 0 unspecified atom stereocenters. The summed E-state index contributed by atoms with van der Waals surface area (Å²) in [5.41, 5.74) is 10.8. The molecule has 2 aromatic rings. The molecule has 0 aliphatic carbocycles. The molecule has 0 atom stereocenters. The van der Waals surface area contributed by atoms with Crippen molar-refractivity contribution in [2.45, 2.75) is 18.2 Å². The lowest BCUT2D eigenvalue weighted by atomic mass is 10.1. The Balaban J connectivity index is 2.01. The van der Waals surface area contributed by atoms with Gasteiger partial charge in [-0.3, -0.25) is 4.79 Å². The third-order valence-electron chi connectivity index (χ3n) is 3.95. The maximum atomic E-state index is 12.9.